The highest BCUT2D eigenvalue weighted by atomic mass is 35.5. The van der Waals surface area contributed by atoms with Crippen LogP contribution in [0.15, 0.2) is 47.0 Å². The van der Waals surface area contributed by atoms with Gasteiger partial charge >= 0.3 is 0 Å². The number of piperidine rings is 1. The molecule has 9 nitrogen and oxygen atoms in total. The first-order valence-electron chi connectivity index (χ1n) is 11.9. The van der Waals surface area contributed by atoms with Crippen molar-refractivity contribution in [2.75, 3.05) is 18.6 Å². The van der Waals surface area contributed by atoms with E-state index in [-0.39, 0.29) is 11.9 Å². The van der Waals surface area contributed by atoms with E-state index in [9.17, 15) is 4.79 Å². The van der Waals surface area contributed by atoms with E-state index >= 15 is 0 Å². The van der Waals surface area contributed by atoms with Gasteiger partial charge < -0.3 is 19.3 Å². The van der Waals surface area contributed by atoms with Crippen LogP contribution in [-0.4, -0.2) is 51.0 Å². The number of benzene rings is 1. The molecular weight excluding hydrogens is 502 g/mol. The van der Waals surface area contributed by atoms with E-state index < -0.39 is 0 Å². The minimum absolute atomic E-state index is 0.126. The van der Waals surface area contributed by atoms with Crippen molar-refractivity contribution in [3.63, 3.8) is 0 Å². The molecule has 11 heteroatoms. The van der Waals surface area contributed by atoms with Crippen molar-refractivity contribution < 1.29 is 19.6 Å². The van der Waals surface area contributed by atoms with Crippen molar-refractivity contribution in [3.8, 4) is 10.6 Å². The summed E-state index contributed by atoms with van der Waals surface area (Å²) in [4.78, 5) is 20.8. The zero-order valence-corrected chi connectivity index (χ0v) is 21.6. The highest BCUT2D eigenvalue weighted by molar-refractivity contribution is 7.19. The molecule has 4 heterocycles. The molecule has 0 unspecified atom stereocenters. The van der Waals surface area contributed by atoms with Crippen molar-refractivity contribution in [2.24, 2.45) is 0 Å². The van der Waals surface area contributed by atoms with Gasteiger partial charge in [-0.05, 0) is 63.1 Å². The van der Waals surface area contributed by atoms with Gasteiger partial charge in [0, 0.05) is 42.1 Å². The third-order valence-corrected chi connectivity index (χ3v) is 7.83. The van der Waals surface area contributed by atoms with Crippen molar-refractivity contribution in [1.29, 1.82) is 0 Å². The number of hydrogen-bond donors (Lipinski definition) is 3. The summed E-state index contributed by atoms with van der Waals surface area (Å²) in [5.74, 6) is 0.503. The predicted molar refractivity (Wildman–Crippen MR) is 140 cm³/mol. The van der Waals surface area contributed by atoms with Crippen LogP contribution in [-0.2, 0) is 11.5 Å². The lowest BCUT2D eigenvalue weighted by Gasteiger charge is -2.34. The van der Waals surface area contributed by atoms with Crippen LogP contribution in [0.5, 0.6) is 0 Å². The maximum atomic E-state index is 13.5. The molecule has 1 aromatic carbocycles. The van der Waals surface area contributed by atoms with E-state index in [2.05, 4.69) is 39.7 Å². The summed E-state index contributed by atoms with van der Waals surface area (Å²) in [6.45, 7) is 6.69. The van der Waals surface area contributed by atoms with Crippen LogP contribution in [0, 0.1) is 0 Å². The SMILES string of the molecule is CC(C)N1CCC(NC(=O)c2cc3cc(NOO)ccc3n2Cc2cc(-c3ccc(Cl)s3)on2)CC1. The van der Waals surface area contributed by atoms with Gasteiger partial charge in [-0.15, -0.1) is 16.3 Å². The van der Waals surface area contributed by atoms with Gasteiger partial charge in [0.1, 0.15) is 11.4 Å². The van der Waals surface area contributed by atoms with Gasteiger partial charge in [0.2, 0.25) is 0 Å². The fraction of sp³-hybridized carbons (Fsp3) is 0.360. The van der Waals surface area contributed by atoms with Gasteiger partial charge in [0.15, 0.2) is 5.76 Å². The van der Waals surface area contributed by atoms with Gasteiger partial charge in [-0.25, -0.2) is 10.7 Å². The van der Waals surface area contributed by atoms with E-state index in [0.717, 1.165) is 41.7 Å². The van der Waals surface area contributed by atoms with Gasteiger partial charge in [-0.3, -0.25) is 4.79 Å². The Morgan fingerprint density at radius 3 is 2.75 bits per heavy atom. The molecule has 1 fully saturated rings. The maximum Gasteiger partial charge on any atom is 0.268 e. The van der Waals surface area contributed by atoms with Crippen molar-refractivity contribution >= 4 is 45.4 Å². The highest BCUT2D eigenvalue weighted by Crippen LogP contribution is 2.32. The molecular formula is C25H28ClN5O4S. The van der Waals surface area contributed by atoms with E-state index in [1.807, 2.05) is 41.0 Å². The Bertz CT molecular complexity index is 1360. The van der Waals surface area contributed by atoms with Crippen molar-refractivity contribution in [3.05, 3.63) is 58.2 Å². The number of amides is 1. The summed E-state index contributed by atoms with van der Waals surface area (Å²) in [5.41, 5.74) is 5.04. The average molecular weight is 530 g/mol. The molecule has 3 aromatic heterocycles. The molecule has 5 rings (SSSR count). The Kier molecular flexibility index (Phi) is 7.31. The molecule has 1 saturated heterocycles. The zero-order valence-electron chi connectivity index (χ0n) is 20.0. The number of carbonyl (C=O) groups excluding carboxylic acids is 1. The summed E-state index contributed by atoms with van der Waals surface area (Å²) < 4.78 is 8.16. The first-order valence-corrected chi connectivity index (χ1v) is 13.1. The molecule has 0 spiro atoms. The lowest BCUT2D eigenvalue weighted by molar-refractivity contribution is -0.215. The van der Waals surface area contributed by atoms with Gasteiger partial charge in [0.25, 0.3) is 5.91 Å². The lowest BCUT2D eigenvalue weighted by Crippen LogP contribution is -2.46. The number of hydrogen-bond acceptors (Lipinski definition) is 8. The number of fused-ring (bicyclic) bond motifs is 1. The average Bonchev–Trinajstić information content (AvgIpc) is 3.59. The summed E-state index contributed by atoms with van der Waals surface area (Å²) in [6, 6.07) is 13.5. The van der Waals surface area contributed by atoms with E-state index in [1.54, 1.807) is 6.07 Å². The van der Waals surface area contributed by atoms with E-state index in [1.165, 1.54) is 11.3 Å². The van der Waals surface area contributed by atoms with Gasteiger partial charge in [-0.2, -0.15) is 0 Å². The first kappa shape index (κ1) is 24.8. The largest absolute Gasteiger partial charge is 0.355 e. The van der Waals surface area contributed by atoms with Crippen LogP contribution in [0.25, 0.3) is 21.5 Å². The Labute approximate surface area is 217 Å². The second-order valence-corrected chi connectivity index (χ2v) is 11.0. The molecule has 0 bridgehead atoms. The minimum atomic E-state index is -0.129. The fourth-order valence-electron chi connectivity index (χ4n) is 4.68. The molecule has 0 aliphatic carbocycles. The van der Waals surface area contributed by atoms with Gasteiger partial charge in [-0.1, -0.05) is 16.8 Å². The molecule has 1 aliphatic heterocycles. The van der Waals surface area contributed by atoms with Crippen LogP contribution in [0.2, 0.25) is 4.34 Å². The minimum Gasteiger partial charge on any atom is -0.355 e. The number of anilines is 1. The number of nitrogens with one attached hydrogen (secondary N) is 2. The third kappa shape index (κ3) is 5.28. The summed E-state index contributed by atoms with van der Waals surface area (Å²) in [7, 11) is 0. The summed E-state index contributed by atoms with van der Waals surface area (Å²) in [5, 5.41) is 17.1. The molecule has 0 radical (unpaired) electrons. The number of likely N-dealkylation sites (tertiary alicyclic amines) is 1. The van der Waals surface area contributed by atoms with Crippen molar-refractivity contribution in [1.82, 2.24) is 19.9 Å². The van der Waals surface area contributed by atoms with Crippen LogP contribution >= 0.6 is 22.9 Å². The number of nitrogens with zero attached hydrogens (tertiary/aromatic N) is 3. The number of carbonyl (C=O) groups is 1. The second kappa shape index (κ2) is 10.6. The van der Waals surface area contributed by atoms with E-state index in [0.29, 0.717) is 39.8 Å². The summed E-state index contributed by atoms with van der Waals surface area (Å²) in [6.07, 6.45) is 1.84. The highest BCUT2D eigenvalue weighted by Gasteiger charge is 2.25. The molecule has 0 saturated carbocycles. The quantitative estimate of drug-likeness (QED) is 0.205. The molecule has 3 N–H and O–H groups in total. The fourth-order valence-corrected chi connectivity index (χ4v) is 5.67. The Hall–Kier alpha value is -2.89. The third-order valence-electron chi connectivity index (χ3n) is 6.59. The molecule has 36 heavy (non-hydrogen) atoms. The van der Waals surface area contributed by atoms with Crippen LogP contribution in [0.1, 0.15) is 42.9 Å². The Balaban J connectivity index is 1.42. The number of thiophene rings is 1. The Morgan fingerprint density at radius 2 is 2.06 bits per heavy atom. The lowest BCUT2D eigenvalue weighted by atomic mass is 10.0. The molecule has 190 valence electrons. The molecule has 1 aliphatic rings. The Morgan fingerprint density at radius 1 is 1.25 bits per heavy atom. The molecule has 0 atom stereocenters. The smallest absolute Gasteiger partial charge is 0.268 e. The number of rotatable bonds is 8. The van der Waals surface area contributed by atoms with Crippen LogP contribution < -0.4 is 10.8 Å². The van der Waals surface area contributed by atoms with Crippen LogP contribution in [0.3, 0.4) is 0 Å². The first-order chi connectivity index (χ1) is 17.4. The van der Waals surface area contributed by atoms with E-state index in [4.69, 9.17) is 21.4 Å². The second-order valence-electron chi connectivity index (χ2n) is 9.25. The normalized spacial score (nSPS) is 15.1. The predicted octanol–water partition coefficient (Wildman–Crippen LogP) is 5.48. The summed E-state index contributed by atoms with van der Waals surface area (Å²) >= 11 is 7.49. The number of halogens is 1. The molecule has 4 aromatic rings. The zero-order chi connectivity index (χ0) is 25.2. The van der Waals surface area contributed by atoms with Crippen LogP contribution in [0.4, 0.5) is 5.69 Å². The standard InChI is InChI=1S/C25H28ClN5O4S/c1-15(2)30-9-7-17(8-10-30)27-25(32)21-12-16-11-18(29-35-33)3-4-20(16)31(21)14-19-13-22(34-28-19)23-5-6-24(26)36-23/h3-6,11-13,15,17,29,33H,7-10,14H2,1-2H3,(H,27,32). The van der Waals surface area contributed by atoms with Crippen molar-refractivity contribution in [2.45, 2.75) is 45.3 Å². The monoisotopic (exact) mass is 529 g/mol. The maximum absolute atomic E-state index is 13.5. The number of aromatic nitrogens is 2. The van der Waals surface area contributed by atoms with Gasteiger partial charge in [0.05, 0.1) is 21.4 Å². The molecule has 1 amide bonds. The topological polar surface area (TPSA) is 105 Å².